The molecular weight excluding hydrogens is 276 g/mol. The van der Waals surface area contributed by atoms with E-state index in [1.54, 1.807) is 6.92 Å². The van der Waals surface area contributed by atoms with Gasteiger partial charge in [-0.2, -0.15) is 0 Å². The summed E-state index contributed by atoms with van der Waals surface area (Å²) in [7, 11) is -3.08. The first-order valence-electron chi connectivity index (χ1n) is 5.88. The molecule has 0 bridgehead atoms. The normalized spacial score (nSPS) is 23.7. The van der Waals surface area contributed by atoms with Gasteiger partial charge in [-0.3, -0.25) is 0 Å². The van der Waals surface area contributed by atoms with Crippen molar-refractivity contribution in [1.29, 1.82) is 0 Å². The second-order valence-electron chi connectivity index (χ2n) is 4.53. The Labute approximate surface area is 111 Å². The van der Waals surface area contributed by atoms with Gasteiger partial charge >= 0.3 is 12.0 Å². The molecule has 19 heavy (non-hydrogen) atoms. The Morgan fingerprint density at radius 1 is 1.47 bits per heavy atom. The van der Waals surface area contributed by atoms with Crippen LogP contribution in [0.15, 0.2) is 0 Å². The molecule has 0 spiro atoms. The molecule has 9 heteroatoms. The minimum atomic E-state index is -3.08. The van der Waals surface area contributed by atoms with Gasteiger partial charge in [0.05, 0.1) is 11.5 Å². The summed E-state index contributed by atoms with van der Waals surface area (Å²) in [6.45, 7) is 1.78. The highest BCUT2D eigenvalue weighted by atomic mass is 32.2. The molecule has 0 aromatic heterocycles. The van der Waals surface area contributed by atoms with Gasteiger partial charge in [0, 0.05) is 25.6 Å². The Balaban J connectivity index is 2.40. The van der Waals surface area contributed by atoms with Crippen LogP contribution >= 0.6 is 0 Å². The van der Waals surface area contributed by atoms with E-state index in [1.807, 2.05) is 0 Å². The van der Waals surface area contributed by atoms with Gasteiger partial charge in [0.1, 0.15) is 0 Å². The first-order valence-corrected chi connectivity index (χ1v) is 7.71. The summed E-state index contributed by atoms with van der Waals surface area (Å²) < 4.78 is 22.7. The number of carboxylic acids is 1. The number of aliphatic hydroxyl groups excluding tert-OH is 1. The van der Waals surface area contributed by atoms with E-state index in [-0.39, 0.29) is 31.0 Å². The van der Waals surface area contributed by atoms with Crippen molar-refractivity contribution < 1.29 is 28.2 Å². The molecule has 2 amide bonds. The lowest BCUT2D eigenvalue weighted by atomic mass is 10.2. The Morgan fingerprint density at radius 2 is 2.11 bits per heavy atom. The molecule has 0 radical (unpaired) electrons. The van der Waals surface area contributed by atoms with Crippen LogP contribution in [-0.2, 0) is 14.6 Å². The lowest BCUT2D eigenvalue weighted by Gasteiger charge is -2.33. The summed E-state index contributed by atoms with van der Waals surface area (Å²) in [4.78, 5) is 23.5. The number of amides is 2. The first-order chi connectivity index (χ1) is 8.73. The second-order valence-corrected chi connectivity index (χ2v) is 6.76. The number of nitrogens with zero attached hydrogens (tertiary/aromatic N) is 1. The lowest BCUT2D eigenvalue weighted by molar-refractivity contribution is -0.146. The fourth-order valence-electron chi connectivity index (χ4n) is 1.84. The Kier molecular flexibility index (Phi) is 5.12. The predicted octanol–water partition coefficient (Wildman–Crippen LogP) is -1.35. The molecule has 1 rings (SSSR count). The van der Waals surface area contributed by atoms with E-state index in [2.05, 4.69) is 5.32 Å². The molecule has 0 aromatic rings. The summed E-state index contributed by atoms with van der Waals surface area (Å²) in [5.74, 6) is -1.48. The number of rotatable bonds is 4. The molecule has 2 unspecified atom stereocenters. The third-order valence-electron chi connectivity index (χ3n) is 2.91. The predicted molar refractivity (Wildman–Crippen MR) is 66.5 cm³/mol. The van der Waals surface area contributed by atoms with Gasteiger partial charge in [0.25, 0.3) is 0 Å². The number of urea groups is 1. The molecular formula is C10H18N2O6S. The van der Waals surface area contributed by atoms with Crippen molar-refractivity contribution in [3.8, 4) is 0 Å². The third-order valence-corrected chi connectivity index (χ3v) is 4.71. The molecule has 2 atom stereocenters. The summed E-state index contributed by atoms with van der Waals surface area (Å²) in [5, 5.41) is 19.9. The monoisotopic (exact) mass is 294 g/mol. The molecule has 1 heterocycles. The zero-order chi connectivity index (χ0) is 14.6. The number of carbonyl (C=O) groups excluding carboxylic acids is 1. The van der Waals surface area contributed by atoms with Crippen LogP contribution in [-0.4, -0.2) is 72.3 Å². The Hall–Kier alpha value is -1.35. The third kappa shape index (κ3) is 4.67. The van der Waals surface area contributed by atoms with E-state index in [9.17, 15) is 18.0 Å². The van der Waals surface area contributed by atoms with Gasteiger partial charge < -0.3 is 20.4 Å². The van der Waals surface area contributed by atoms with E-state index >= 15 is 0 Å². The van der Waals surface area contributed by atoms with E-state index in [0.29, 0.717) is 0 Å². The minimum Gasteiger partial charge on any atom is -0.479 e. The molecule has 1 aliphatic rings. The molecule has 3 N–H and O–H groups in total. The maximum absolute atomic E-state index is 11.8. The molecule has 110 valence electrons. The number of carbonyl (C=O) groups is 2. The summed E-state index contributed by atoms with van der Waals surface area (Å²) >= 11 is 0. The van der Waals surface area contributed by atoms with Gasteiger partial charge in [0.15, 0.2) is 15.9 Å². The van der Waals surface area contributed by atoms with Crippen LogP contribution in [0.4, 0.5) is 4.79 Å². The zero-order valence-corrected chi connectivity index (χ0v) is 11.4. The molecule has 1 aliphatic heterocycles. The highest BCUT2D eigenvalue weighted by Crippen LogP contribution is 2.11. The maximum atomic E-state index is 11.8. The highest BCUT2D eigenvalue weighted by molar-refractivity contribution is 7.91. The van der Waals surface area contributed by atoms with Crippen molar-refractivity contribution in [2.75, 3.05) is 24.6 Å². The van der Waals surface area contributed by atoms with Crippen LogP contribution < -0.4 is 5.32 Å². The van der Waals surface area contributed by atoms with Crippen molar-refractivity contribution in [3.63, 3.8) is 0 Å². The number of aliphatic hydroxyl groups is 1. The number of carboxylic acid groups (broad SMARTS) is 1. The van der Waals surface area contributed by atoms with Gasteiger partial charge in [0.2, 0.25) is 0 Å². The van der Waals surface area contributed by atoms with Crippen molar-refractivity contribution in [2.45, 2.75) is 25.5 Å². The van der Waals surface area contributed by atoms with Crippen molar-refractivity contribution in [1.82, 2.24) is 10.2 Å². The van der Waals surface area contributed by atoms with Crippen LogP contribution in [0.5, 0.6) is 0 Å². The van der Waals surface area contributed by atoms with Gasteiger partial charge in [-0.25, -0.2) is 18.0 Å². The second kappa shape index (κ2) is 6.20. The molecule has 1 fully saturated rings. The average Bonchev–Trinajstić information content (AvgIpc) is 2.27. The summed E-state index contributed by atoms with van der Waals surface area (Å²) in [5.41, 5.74) is 0. The number of sulfone groups is 1. The van der Waals surface area contributed by atoms with E-state index in [0.717, 1.165) is 0 Å². The van der Waals surface area contributed by atoms with Crippen molar-refractivity contribution >= 4 is 21.8 Å². The standard InChI is InChI=1S/C10H18N2O6S/c1-7-6-19(17,18)5-4-12(7)10(16)11-3-2-8(13)9(14)15/h7-8,13H,2-6H2,1H3,(H,11,16)(H,14,15). The van der Waals surface area contributed by atoms with E-state index < -0.39 is 34.0 Å². The fourth-order valence-corrected chi connectivity index (χ4v) is 3.40. The SMILES string of the molecule is CC1CS(=O)(=O)CCN1C(=O)NCCC(O)C(=O)O. The summed E-state index contributed by atoms with van der Waals surface area (Å²) in [6, 6.07) is -0.858. The van der Waals surface area contributed by atoms with Gasteiger partial charge in [-0.15, -0.1) is 0 Å². The highest BCUT2D eigenvalue weighted by Gasteiger charge is 2.31. The molecule has 1 saturated heterocycles. The number of hydrogen-bond acceptors (Lipinski definition) is 5. The molecule has 8 nitrogen and oxygen atoms in total. The van der Waals surface area contributed by atoms with Crippen LogP contribution in [0.3, 0.4) is 0 Å². The molecule has 0 aliphatic carbocycles. The van der Waals surface area contributed by atoms with Crippen LogP contribution in [0.25, 0.3) is 0 Å². The van der Waals surface area contributed by atoms with Crippen LogP contribution in [0.1, 0.15) is 13.3 Å². The lowest BCUT2D eigenvalue weighted by Crippen LogP contribution is -2.53. The average molecular weight is 294 g/mol. The topological polar surface area (TPSA) is 124 Å². The van der Waals surface area contributed by atoms with Crippen molar-refractivity contribution in [2.24, 2.45) is 0 Å². The Bertz CT molecular complexity index is 449. The maximum Gasteiger partial charge on any atom is 0.332 e. The fraction of sp³-hybridized carbons (Fsp3) is 0.800. The smallest absolute Gasteiger partial charge is 0.332 e. The van der Waals surface area contributed by atoms with Gasteiger partial charge in [-0.1, -0.05) is 0 Å². The number of hydrogen-bond donors (Lipinski definition) is 3. The Morgan fingerprint density at radius 3 is 2.63 bits per heavy atom. The minimum absolute atomic E-state index is 0.0161. The molecule has 0 saturated carbocycles. The van der Waals surface area contributed by atoms with Crippen molar-refractivity contribution in [3.05, 3.63) is 0 Å². The zero-order valence-electron chi connectivity index (χ0n) is 10.6. The largest absolute Gasteiger partial charge is 0.479 e. The number of nitrogens with one attached hydrogen (secondary N) is 1. The quantitative estimate of drug-likeness (QED) is 0.589. The van der Waals surface area contributed by atoms with Gasteiger partial charge in [-0.05, 0) is 6.92 Å². The van der Waals surface area contributed by atoms with Crippen LogP contribution in [0.2, 0.25) is 0 Å². The first kappa shape index (κ1) is 15.7. The number of aliphatic carboxylic acids is 1. The summed E-state index contributed by atoms with van der Waals surface area (Å²) in [6.07, 6.45) is -1.61. The van der Waals surface area contributed by atoms with E-state index in [4.69, 9.17) is 10.2 Å². The van der Waals surface area contributed by atoms with Crippen LogP contribution in [0, 0.1) is 0 Å². The van der Waals surface area contributed by atoms with E-state index in [1.165, 1.54) is 4.90 Å². The molecule has 0 aromatic carbocycles.